The number of carbonyl (C=O) groups excluding carboxylic acids is 3. The molecule has 0 aromatic heterocycles. The van der Waals surface area contributed by atoms with Crippen molar-refractivity contribution in [2.75, 3.05) is 13.7 Å². The van der Waals surface area contributed by atoms with Gasteiger partial charge >= 0.3 is 6.03 Å². The van der Waals surface area contributed by atoms with Crippen molar-refractivity contribution in [2.24, 2.45) is 5.92 Å². The number of ketones is 1. The summed E-state index contributed by atoms with van der Waals surface area (Å²) in [5.74, 6) is 0.139. The Morgan fingerprint density at radius 2 is 2.04 bits per heavy atom. The highest BCUT2D eigenvalue weighted by Gasteiger charge is 2.47. The molecule has 0 saturated carbocycles. The first-order valence-corrected chi connectivity index (χ1v) is 8.56. The van der Waals surface area contributed by atoms with Crippen LogP contribution in [0.25, 0.3) is 0 Å². The third kappa shape index (κ3) is 4.12. The first kappa shape index (κ1) is 19.2. The van der Waals surface area contributed by atoms with Gasteiger partial charge in [0.2, 0.25) is 0 Å². The average molecular weight is 367 g/mol. The summed E-state index contributed by atoms with van der Waals surface area (Å²) in [6.07, 6.45) is 1.34. The van der Waals surface area contributed by atoms with E-state index >= 15 is 0 Å². The summed E-state index contributed by atoms with van der Waals surface area (Å²) < 4.78 is 5.05. The highest BCUT2D eigenvalue weighted by Crippen LogP contribution is 2.27. The van der Waals surface area contributed by atoms with Gasteiger partial charge in [-0.3, -0.25) is 14.5 Å². The van der Waals surface area contributed by atoms with Crippen LogP contribution in [-0.2, 0) is 4.79 Å². The van der Waals surface area contributed by atoms with Crippen molar-refractivity contribution in [3.63, 3.8) is 0 Å². The first-order chi connectivity index (χ1) is 11.7. The predicted molar refractivity (Wildman–Crippen MR) is 95.1 cm³/mol. The predicted octanol–water partition coefficient (Wildman–Crippen LogP) is 3.28. The van der Waals surface area contributed by atoms with Gasteiger partial charge in [-0.25, -0.2) is 4.79 Å². The minimum absolute atomic E-state index is 0.298. The quantitative estimate of drug-likeness (QED) is 0.593. The van der Waals surface area contributed by atoms with Crippen LogP contribution in [0.1, 0.15) is 44.0 Å². The number of nitrogens with zero attached hydrogens (tertiary/aromatic N) is 1. The van der Waals surface area contributed by atoms with Crippen molar-refractivity contribution < 1.29 is 19.1 Å². The van der Waals surface area contributed by atoms with E-state index in [2.05, 4.69) is 19.2 Å². The summed E-state index contributed by atoms with van der Waals surface area (Å²) >= 11 is 6.03. The number of benzene rings is 1. The maximum absolute atomic E-state index is 12.6. The number of amides is 3. The second kappa shape index (κ2) is 7.44. The van der Waals surface area contributed by atoms with Gasteiger partial charge < -0.3 is 10.1 Å². The molecule has 0 unspecified atom stereocenters. The van der Waals surface area contributed by atoms with Crippen molar-refractivity contribution in [3.8, 4) is 5.75 Å². The van der Waals surface area contributed by atoms with Crippen LogP contribution in [0.15, 0.2) is 18.2 Å². The molecule has 0 radical (unpaired) electrons. The molecule has 1 aliphatic rings. The molecule has 1 N–H and O–H groups in total. The molecule has 3 amide bonds. The Kier molecular flexibility index (Phi) is 5.72. The van der Waals surface area contributed by atoms with Crippen LogP contribution in [0.3, 0.4) is 0 Å². The molecule has 1 aromatic rings. The van der Waals surface area contributed by atoms with Gasteiger partial charge in [0.15, 0.2) is 5.78 Å². The minimum Gasteiger partial charge on any atom is -0.495 e. The Morgan fingerprint density at radius 3 is 2.60 bits per heavy atom. The molecular formula is C18H23ClN2O4. The Balaban J connectivity index is 2.11. The van der Waals surface area contributed by atoms with Crippen molar-refractivity contribution in [1.82, 2.24) is 10.2 Å². The fourth-order valence-corrected chi connectivity index (χ4v) is 2.97. The van der Waals surface area contributed by atoms with E-state index in [4.69, 9.17) is 16.3 Å². The summed E-state index contributed by atoms with van der Waals surface area (Å²) in [5.41, 5.74) is -0.638. The van der Waals surface area contributed by atoms with E-state index in [-0.39, 0.29) is 18.2 Å². The van der Waals surface area contributed by atoms with Crippen LogP contribution in [0.5, 0.6) is 5.75 Å². The van der Waals surface area contributed by atoms with Crippen LogP contribution in [-0.4, -0.2) is 41.8 Å². The van der Waals surface area contributed by atoms with Crippen LogP contribution in [0, 0.1) is 5.92 Å². The molecule has 0 spiro atoms. The lowest BCUT2D eigenvalue weighted by Crippen LogP contribution is -2.44. The van der Waals surface area contributed by atoms with Crippen molar-refractivity contribution in [2.45, 2.75) is 39.2 Å². The molecule has 1 aliphatic heterocycles. The molecule has 1 saturated heterocycles. The van der Waals surface area contributed by atoms with E-state index in [1.807, 2.05) is 0 Å². The van der Waals surface area contributed by atoms with E-state index in [9.17, 15) is 14.4 Å². The Morgan fingerprint density at radius 1 is 1.36 bits per heavy atom. The van der Waals surface area contributed by atoms with Gasteiger partial charge in [-0.05, 0) is 43.9 Å². The van der Waals surface area contributed by atoms with Crippen molar-refractivity contribution >= 4 is 29.3 Å². The molecular weight excluding hydrogens is 344 g/mol. The largest absolute Gasteiger partial charge is 0.495 e. The van der Waals surface area contributed by atoms with Gasteiger partial charge in [-0.2, -0.15) is 0 Å². The van der Waals surface area contributed by atoms with Gasteiger partial charge in [0.05, 0.1) is 18.7 Å². The summed E-state index contributed by atoms with van der Waals surface area (Å²) in [6, 6.07) is 4.07. The highest BCUT2D eigenvalue weighted by atomic mass is 35.5. The van der Waals surface area contributed by atoms with Crippen LogP contribution >= 0.6 is 11.6 Å². The fourth-order valence-electron chi connectivity index (χ4n) is 2.71. The number of ether oxygens (including phenoxy) is 1. The average Bonchev–Trinajstić information content (AvgIpc) is 2.76. The molecule has 1 atom stereocenters. The monoisotopic (exact) mass is 366 g/mol. The molecule has 2 rings (SSSR count). The number of methoxy groups -OCH3 is 1. The minimum atomic E-state index is -0.959. The van der Waals surface area contributed by atoms with Gasteiger partial charge in [0.25, 0.3) is 5.91 Å². The molecule has 0 aliphatic carbocycles. The third-order valence-corrected chi connectivity index (χ3v) is 4.64. The van der Waals surface area contributed by atoms with E-state index < -0.39 is 11.6 Å². The van der Waals surface area contributed by atoms with Crippen molar-refractivity contribution in [3.05, 3.63) is 28.8 Å². The Bertz CT molecular complexity index is 704. The SMILES string of the molecule is COc1ccc(C(=O)CN2C(=O)N[C@](C)(CCC(C)C)C2=O)cc1Cl. The van der Waals surface area contributed by atoms with E-state index in [0.717, 1.165) is 11.3 Å². The standard InChI is InChI=1S/C18H23ClN2O4/c1-11(2)7-8-18(3)16(23)21(17(24)20-18)10-14(22)12-5-6-15(25-4)13(19)9-12/h5-6,9,11H,7-8,10H2,1-4H3,(H,20,24)/t18-/m1/s1. The number of halogens is 1. The number of nitrogens with one attached hydrogen (secondary N) is 1. The van der Waals surface area contributed by atoms with E-state index in [0.29, 0.717) is 28.7 Å². The van der Waals surface area contributed by atoms with E-state index in [1.165, 1.54) is 13.2 Å². The fraction of sp³-hybridized carbons (Fsp3) is 0.500. The summed E-state index contributed by atoms with van der Waals surface area (Å²) in [6.45, 7) is 5.49. The number of Topliss-reactive ketones (excluding diaryl/α,β-unsaturated/α-hetero) is 1. The highest BCUT2D eigenvalue weighted by molar-refractivity contribution is 6.32. The number of imide groups is 1. The molecule has 0 bridgehead atoms. The summed E-state index contributed by atoms with van der Waals surface area (Å²) in [5, 5.41) is 3.01. The lowest BCUT2D eigenvalue weighted by atomic mass is 9.92. The second-order valence-corrected chi connectivity index (χ2v) is 7.27. The zero-order valence-electron chi connectivity index (χ0n) is 14.9. The lowest BCUT2D eigenvalue weighted by molar-refractivity contribution is -0.130. The van der Waals surface area contributed by atoms with Crippen molar-refractivity contribution in [1.29, 1.82) is 0 Å². The maximum atomic E-state index is 12.6. The zero-order chi connectivity index (χ0) is 18.8. The van der Waals surface area contributed by atoms with Crippen LogP contribution < -0.4 is 10.1 Å². The number of carbonyl (C=O) groups is 3. The summed E-state index contributed by atoms with van der Waals surface area (Å²) in [4.78, 5) is 38.2. The Hall–Kier alpha value is -2.08. The van der Waals surface area contributed by atoms with Gasteiger partial charge in [0.1, 0.15) is 11.3 Å². The topological polar surface area (TPSA) is 75.7 Å². The van der Waals surface area contributed by atoms with Crippen LogP contribution in [0.4, 0.5) is 4.79 Å². The number of rotatable bonds is 7. The molecule has 25 heavy (non-hydrogen) atoms. The lowest BCUT2D eigenvalue weighted by Gasteiger charge is -2.22. The smallest absolute Gasteiger partial charge is 0.325 e. The van der Waals surface area contributed by atoms with Gasteiger partial charge in [0, 0.05) is 5.56 Å². The molecule has 1 heterocycles. The molecule has 6 nitrogen and oxygen atoms in total. The molecule has 7 heteroatoms. The second-order valence-electron chi connectivity index (χ2n) is 6.86. The number of hydrogen-bond acceptors (Lipinski definition) is 4. The van der Waals surface area contributed by atoms with E-state index in [1.54, 1.807) is 19.1 Å². The first-order valence-electron chi connectivity index (χ1n) is 8.19. The van der Waals surface area contributed by atoms with Gasteiger partial charge in [-0.1, -0.05) is 25.4 Å². The normalized spacial score (nSPS) is 20.2. The number of hydrogen-bond donors (Lipinski definition) is 1. The van der Waals surface area contributed by atoms with Crippen LogP contribution in [0.2, 0.25) is 5.02 Å². The molecule has 1 fully saturated rings. The third-order valence-electron chi connectivity index (χ3n) is 4.34. The Labute approximate surface area is 152 Å². The number of urea groups is 1. The molecule has 136 valence electrons. The molecule has 1 aromatic carbocycles. The zero-order valence-corrected chi connectivity index (χ0v) is 15.6. The maximum Gasteiger partial charge on any atom is 0.325 e. The summed E-state index contributed by atoms with van der Waals surface area (Å²) in [7, 11) is 1.48. The van der Waals surface area contributed by atoms with Gasteiger partial charge in [-0.15, -0.1) is 0 Å².